The minimum absolute atomic E-state index is 0.0454. The van der Waals surface area contributed by atoms with E-state index in [2.05, 4.69) is 9.47 Å². The highest BCUT2D eigenvalue weighted by atomic mass is 19.3. The van der Waals surface area contributed by atoms with E-state index < -0.39 is 18.4 Å². The van der Waals surface area contributed by atoms with Crippen molar-refractivity contribution in [1.82, 2.24) is 0 Å². The number of ether oxygens (including phenoxy) is 2. The van der Waals surface area contributed by atoms with Gasteiger partial charge < -0.3 is 20.3 Å². The lowest BCUT2D eigenvalue weighted by Gasteiger charge is -2.19. The molecule has 18 heavy (non-hydrogen) atoms. The maximum absolute atomic E-state index is 13.0. The van der Waals surface area contributed by atoms with Crippen molar-refractivity contribution in [3.05, 3.63) is 23.8 Å². The van der Waals surface area contributed by atoms with Crippen LogP contribution in [0.1, 0.15) is 24.4 Å². The number of hydrogen-bond donors (Lipinski definition) is 2. The first-order valence-electron chi connectivity index (χ1n) is 5.80. The van der Waals surface area contributed by atoms with Crippen LogP contribution in [0.4, 0.5) is 8.78 Å². The number of benzene rings is 1. The molecule has 1 aliphatic heterocycles. The third-order valence-electron chi connectivity index (χ3n) is 3.29. The van der Waals surface area contributed by atoms with Gasteiger partial charge in [0.1, 0.15) is 0 Å². The van der Waals surface area contributed by atoms with Crippen LogP contribution in [0.3, 0.4) is 0 Å². The van der Waals surface area contributed by atoms with Gasteiger partial charge in [-0.15, -0.1) is 8.78 Å². The van der Waals surface area contributed by atoms with E-state index in [0.29, 0.717) is 5.56 Å². The maximum Gasteiger partial charge on any atom is 0.586 e. The highest BCUT2D eigenvalue weighted by molar-refractivity contribution is 5.50. The molecule has 1 aromatic rings. The molecule has 1 saturated carbocycles. The van der Waals surface area contributed by atoms with Gasteiger partial charge in [-0.25, -0.2) is 0 Å². The number of nitrogens with two attached hydrogens (primary N) is 1. The van der Waals surface area contributed by atoms with Crippen molar-refractivity contribution < 1.29 is 23.4 Å². The smallest absolute Gasteiger partial charge is 0.395 e. The second-order valence-corrected chi connectivity index (χ2v) is 4.70. The number of aliphatic hydroxyl groups is 1. The summed E-state index contributed by atoms with van der Waals surface area (Å²) in [6.07, 6.45) is -2.58. The number of fused-ring (bicyclic) bond motifs is 1. The van der Waals surface area contributed by atoms with E-state index in [1.165, 1.54) is 6.07 Å². The molecule has 3 rings (SSSR count). The Morgan fingerprint density at radius 3 is 2.72 bits per heavy atom. The molecule has 0 aromatic heterocycles. The van der Waals surface area contributed by atoms with Crippen LogP contribution in [0.25, 0.3) is 0 Å². The van der Waals surface area contributed by atoms with Gasteiger partial charge in [0.05, 0.1) is 12.1 Å². The normalized spacial score (nSPS) is 23.8. The number of aliphatic hydroxyl groups excluding tert-OH is 1. The first kappa shape index (κ1) is 11.7. The third kappa shape index (κ3) is 1.91. The van der Waals surface area contributed by atoms with Crippen LogP contribution in [-0.2, 0) is 0 Å². The third-order valence-corrected chi connectivity index (χ3v) is 3.29. The average molecular weight is 257 g/mol. The molecule has 2 atom stereocenters. The zero-order valence-electron chi connectivity index (χ0n) is 9.48. The summed E-state index contributed by atoms with van der Waals surface area (Å²) in [5.41, 5.74) is 6.26. The molecule has 6 heteroatoms. The zero-order chi connectivity index (χ0) is 12.9. The molecule has 1 heterocycles. The second-order valence-electron chi connectivity index (χ2n) is 4.70. The number of rotatable bonds is 3. The van der Waals surface area contributed by atoms with Gasteiger partial charge in [0, 0.05) is 5.56 Å². The SMILES string of the molecule is N[C@@H](c1cccc2c1OC(F)(F)O2)[C@H](O)C1CC1. The molecule has 0 saturated heterocycles. The van der Waals surface area contributed by atoms with Crippen molar-refractivity contribution in [3.8, 4) is 11.5 Å². The summed E-state index contributed by atoms with van der Waals surface area (Å²) in [5.74, 6) is 0.0318. The molecule has 98 valence electrons. The molecule has 4 nitrogen and oxygen atoms in total. The summed E-state index contributed by atoms with van der Waals surface area (Å²) in [6.45, 7) is 0. The Balaban J connectivity index is 1.92. The standard InChI is InChI=1S/C12H13F2NO3/c13-12(14)17-8-3-1-2-7(11(8)18-12)9(15)10(16)6-4-5-6/h1-3,6,9-10,16H,4-5,15H2/t9-,10+/m0/s1. The van der Waals surface area contributed by atoms with E-state index >= 15 is 0 Å². The minimum Gasteiger partial charge on any atom is -0.395 e. The van der Waals surface area contributed by atoms with Crippen LogP contribution in [-0.4, -0.2) is 17.5 Å². The molecular formula is C12H13F2NO3. The molecule has 0 unspecified atom stereocenters. The summed E-state index contributed by atoms with van der Waals surface area (Å²) in [7, 11) is 0. The predicted molar refractivity (Wildman–Crippen MR) is 58.3 cm³/mol. The Morgan fingerprint density at radius 1 is 1.33 bits per heavy atom. The predicted octanol–water partition coefficient (Wildman–Crippen LogP) is 1.78. The molecule has 3 N–H and O–H groups in total. The van der Waals surface area contributed by atoms with Crippen molar-refractivity contribution in [2.75, 3.05) is 0 Å². The Bertz CT molecular complexity index is 476. The van der Waals surface area contributed by atoms with Crippen LogP contribution < -0.4 is 15.2 Å². The molecular weight excluding hydrogens is 244 g/mol. The highest BCUT2D eigenvalue weighted by Crippen LogP contribution is 2.47. The fourth-order valence-electron chi connectivity index (χ4n) is 2.17. The Kier molecular flexibility index (Phi) is 2.46. The van der Waals surface area contributed by atoms with Crippen molar-refractivity contribution in [2.24, 2.45) is 11.7 Å². The lowest BCUT2D eigenvalue weighted by molar-refractivity contribution is -0.287. The first-order chi connectivity index (χ1) is 8.48. The van der Waals surface area contributed by atoms with Gasteiger partial charge in [0.15, 0.2) is 11.5 Å². The minimum atomic E-state index is -3.66. The fourth-order valence-corrected chi connectivity index (χ4v) is 2.17. The van der Waals surface area contributed by atoms with E-state index in [1.54, 1.807) is 12.1 Å². The van der Waals surface area contributed by atoms with Gasteiger partial charge in [0.25, 0.3) is 0 Å². The van der Waals surface area contributed by atoms with E-state index in [0.717, 1.165) is 12.8 Å². The molecule has 0 bridgehead atoms. The number of halogens is 2. The van der Waals surface area contributed by atoms with Crippen molar-refractivity contribution in [3.63, 3.8) is 0 Å². The molecule has 2 aliphatic rings. The van der Waals surface area contributed by atoms with Gasteiger partial charge in [-0.2, -0.15) is 0 Å². The quantitative estimate of drug-likeness (QED) is 0.866. The number of alkyl halides is 2. The van der Waals surface area contributed by atoms with Crippen LogP contribution in [0, 0.1) is 5.92 Å². The monoisotopic (exact) mass is 257 g/mol. The average Bonchev–Trinajstić information content (AvgIpc) is 3.08. The molecule has 1 aliphatic carbocycles. The van der Waals surface area contributed by atoms with Gasteiger partial charge in [-0.05, 0) is 24.8 Å². The Labute approximate surface area is 102 Å². The van der Waals surface area contributed by atoms with Gasteiger partial charge in [0.2, 0.25) is 0 Å². The number of hydrogen-bond acceptors (Lipinski definition) is 4. The number of para-hydroxylation sites is 1. The van der Waals surface area contributed by atoms with E-state index in [9.17, 15) is 13.9 Å². The topological polar surface area (TPSA) is 64.7 Å². The summed E-state index contributed by atoms with van der Waals surface area (Å²) in [6, 6.07) is 3.76. The molecule has 0 amide bonds. The highest BCUT2D eigenvalue weighted by Gasteiger charge is 2.46. The largest absolute Gasteiger partial charge is 0.586 e. The van der Waals surface area contributed by atoms with Crippen molar-refractivity contribution >= 4 is 0 Å². The summed E-state index contributed by atoms with van der Waals surface area (Å²) in [5, 5.41) is 9.96. The Morgan fingerprint density at radius 2 is 2.06 bits per heavy atom. The van der Waals surface area contributed by atoms with Crippen molar-refractivity contribution in [1.29, 1.82) is 0 Å². The van der Waals surface area contributed by atoms with Crippen LogP contribution in [0.15, 0.2) is 18.2 Å². The van der Waals surface area contributed by atoms with Gasteiger partial charge in [-0.1, -0.05) is 12.1 Å². The van der Waals surface area contributed by atoms with Gasteiger partial charge in [-0.3, -0.25) is 0 Å². The Hall–Kier alpha value is -1.40. The van der Waals surface area contributed by atoms with Crippen LogP contribution in [0.5, 0.6) is 11.5 Å². The lowest BCUT2D eigenvalue weighted by Crippen LogP contribution is -2.29. The van der Waals surface area contributed by atoms with Crippen LogP contribution in [0.2, 0.25) is 0 Å². The van der Waals surface area contributed by atoms with Gasteiger partial charge >= 0.3 is 6.29 Å². The fraction of sp³-hybridized carbons (Fsp3) is 0.500. The van der Waals surface area contributed by atoms with E-state index in [1.807, 2.05) is 0 Å². The maximum atomic E-state index is 13.0. The summed E-state index contributed by atoms with van der Waals surface area (Å²) in [4.78, 5) is 0. The van der Waals surface area contributed by atoms with Crippen molar-refractivity contribution in [2.45, 2.75) is 31.3 Å². The first-order valence-corrected chi connectivity index (χ1v) is 5.80. The summed E-state index contributed by atoms with van der Waals surface area (Å²) >= 11 is 0. The van der Waals surface area contributed by atoms with Crippen LogP contribution >= 0.6 is 0 Å². The lowest BCUT2D eigenvalue weighted by atomic mass is 9.98. The van der Waals surface area contributed by atoms with E-state index in [4.69, 9.17) is 5.73 Å². The molecule has 1 fully saturated rings. The molecule has 0 radical (unpaired) electrons. The molecule has 0 spiro atoms. The zero-order valence-corrected chi connectivity index (χ0v) is 9.48. The molecule has 1 aromatic carbocycles. The van der Waals surface area contributed by atoms with E-state index in [-0.39, 0.29) is 17.4 Å². The summed E-state index contributed by atoms with van der Waals surface area (Å²) < 4.78 is 34.8. The second kappa shape index (κ2) is 3.80.